The van der Waals surface area contributed by atoms with Crippen molar-refractivity contribution in [3.8, 4) is 0 Å². The van der Waals surface area contributed by atoms with Crippen molar-refractivity contribution in [2.75, 3.05) is 13.1 Å². The van der Waals surface area contributed by atoms with E-state index in [1.807, 2.05) is 6.92 Å². The van der Waals surface area contributed by atoms with E-state index >= 15 is 0 Å². The molecule has 1 fully saturated rings. The first kappa shape index (κ1) is 14.0. The summed E-state index contributed by atoms with van der Waals surface area (Å²) in [4.78, 5) is 0. The summed E-state index contributed by atoms with van der Waals surface area (Å²) in [5, 5.41) is 13.6. The SMILES string of the molecule is CC1CCCCC1CNCC(C)(O)C(C)C. The third-order valence-corrected chi connectivity index (χ3v) is 4.42. The Morgan fingerprint density at radius 1 is 1.31 bits per heavy atom. The normalized spacial score (nSPS) is 30.4. The van der Waals surface area contributed by atoms with Gasteiger partial charge in [0.05, 0.1) is 5.60 Å². The van der Waals surface area contributed by atoms with Gasteiger partial charge in [-0.15, -0.1) is 0 Å². The zero-order chi connectivity index (χ0) is 12.2. The maximum absolute atomic E-state index is 10.1. The van der Waals surface area contributed by atoms with E-state index in [1.54, 1.807) is 0 Å². The fourth-order valence-electron chi connectivity index (χ4n) is 2.41. The summed E-state index contributed by atoms with van der Waals surface area (Å²) < 4.78 is 0. The number of nitrogens with one attached hydrogen (secondary N) is 1. The highest BCUT2D eigenvalue weighted by molar-refractivity contribution is 4.81. The number of hydrogen-bond donors (Lipinski definition) is 2. The van der Waals surface area contributed by atoms with Crippen LogP contribution >= 0.6 is 0 Å². The third kappa shape index (κ3) is 4.06. The van der Waals surface area contributed by atoms with Gasteiger partial charge in [0.15, 0.2) is 0 Å². The average molecular weight is 227 g/mol. The highest BCUT2D eigenvalue weighted by Gasteiger charge is 2.26. The topological polar surface area (TPSA) is 32.3 Å². The highest BCUT2D eigenvalue weighted by atomic mass is 16.3. The second-order valence-electron chi connectivity index (χ2n) is 6.16. The molecule has 0 bridgehead atoms. The summed E-state index contributed by atoms with van der Waals surface area (Å²) in [6.07, 6.45) is 5.53. The molecule has 1 rings (SSSR count). The van der Waals surface area contributed by atoms with Crippen LogP contribution in [0.1, 0.15) is 53.4 Å². The molecule has 1 saturated carbocycles. The maximum Gasteiger partial charge on any atom is 0.0766 e. The Hall–Kier alpha value is -0.0800. The minimum absolute atomic E-state index is 0.309. The molecule has 2 N–H and O–H groups in total. The molecular formula is C14H29NO. The molecule has 0 radical (unpaired) electrons. The molecule has 0 aromatic heterocycles. The molecule has 1 aliphatic rings. The standard InChI is InChI=1S/C14H29NO/c1-11(2)14(4,16)10-15-9-13-8-6-5-7-12(13)3/h11-13,15-16H,5-10H2,1-4H3. The van der Waals surface area contributed by atoms with Crippen molar-refractivity contribution in [3.63, 3.8) is 0 Å². The Morgan fingerprint density at radius 3 is 2.50 bits per heavy atom. The molecule has 2 heteroatoms. The van der Waals surface area contributed by atoms with Crippen molar-refractivity contribution in [2.45, 2.75) is 59.0 Å². The first-order chi connectivity index (χ1) is 7.43. The van der Waals surface area contributed by atoms with Crippen LogP contribution in [0.2, 0.25) is 0 Å². The molecule has 0 spiro atoms. The fourth-order valence-corrected chi connectivity index (χ4v) is 2.41. The minimum Gasteiger partial charge on any atom is -0.389 e. The number of hydrogen-bond acceptors (Lipinski definition) is 2. The summed E-state index contributed by atoms with van der Waals surface area (Å²) in [6.45, 7) is 10.2. The van der Waals surface area contributed by atoms with E-state index in [0.29, 0.717) is 12.5 Å². The summed E-state index contributed by atoms with van der Waals surface area (Å²) in [7, 11) is 0. The number of aliphatic hydroxyl groups is 1. The summed E-state index contributed by atoms with van der Waals surface area (Å²) in [5.74, 6) is 1.98. The van der Waals surface area contributed by atoms with Crippen molar-refractivity contribution >= 4 is 0 Å². The zero-order valence-electron chi connectivity index (χ0n) is 11.4. The van der Waals surface area contributed by atoms with E-state index in [4.69, 9.17) is 0 Å². The van der Waals surface area contributed by atoms with Crippen molar-refractivity contribution < 1.29 is 5.11 Å². The molecule has 2 nitrogen and oxygen atoms in total. The highest BCUT2D eigenvalue weighted by Crippen LogP contribution is 2.29. The van der Waals surface area contributed by atoms with Gasteiger partial charge in [0, 0.05) is 6.54 Å². The predicted octanol–water partition coefficient (Wildman–Crippen LogP) is 2.81. The lowest BCUT2D eigenvalue weighted by atomic mass is 9.80. The Kier molecular flexibility index (Phi) is 5.26. The Bertz CT molecular complexity index is 201. The molecule has 3 unspecified atom stereocenters. The summed E-state index contributed by atoms with van der Waals surface area (Å²) in [6, 6.07) is 0. The Balaban J connectivity index is 2.24. The van der Waals surface area contributed by atoms with Crippen LogP contribution in [0.25, 0.3) is 0 Å². The van der Waals surface area contributed by atoms with Crippen molar-refractivity contribution in [3.05, 3.63) is 0 Å². The van der Waals surface area contributed by atoms with Gasteiger partial charge in [-0.3, -0.25) is 0 Å². The van der Waals surface area contributed by atoms with Crippen molar-refractivity contribution in [1.82, 2.24) is 5.32 Å². The number of rotatable bonds is 5. The van der Waals surface area contributed by atoms with Gasteiger partial charge in [-0.2, -0.15) is 0 Å². The van der Waals surface area contributed by atoms with Crippen molar-refractivity contribution in [2.24, 2.45) is 17.8 Å². The van der Waals surface area contributed by atoms with Crippen LogP contribution in [0.15, 0.2) is 0 Å². The average Bonchev–Trinajstić information content (AvgIpc) is 2.20. The molecule has 0 amide bonds. The van der Waals surface area contributed by atoms with Crippen LogP contribution < -0.4 is 5.32 Å². The van der Waals surface area contributed by atoms with Crippen LogP contribution in [0, 0.1) is 17.8 Å². The molecule has 1 aliphatic carbocycles. The lowest BCUT2D eigenvalue weighted by Gasteiger charge is -2.32. The van der Waals surface area contributed by atoms with Gasteiger partial charge in [-0.1, -0.05) is 40.0 Å². The molecule has 0 aromatic rings. The van der Waals surface area contributed by atoms with E-state index in [1.165, 1.54) is 25.7 Å². The van der Waals surface area contributed by atoms with Crippen LogP contribution in [-0.2, 0) is 0 Å². The lowest BCUT2D eigenvalue weighted by molar-refractivity contribution is 0.0126. The van der Waals surface area contributed by atoms with E-state index in [9.17, 15) is 5.11 Å². The van der Waals surface area contributed by atoms with Crippen LogP contribution in [0.4, 0.5) is 0 Å². The van der Waals surface area contributed by atoms with Crippen molar-refractivity contribution in [1.29, 1.82) is 0 Å². The first-order valence-corrected chi connectivity index (χ1v) is 6.86. The molecule has 0 heterocycles. The molecule has 16 heavy (non-hydrogen) atoms. The third-order valence-electron chi connectivity index (χ3n) is 4.42. The van der Waals surface area contributed by atoms with Gasteiger partial charge in [-0.05, 0) is 37.6 Å². The Labute approximate surface area is 101 Å². The van der Waals surface area contributed by atoms with E-state index in [2.05, 4.69) is 26.1 Å². The van der Waals surface area contributed by atoms with Gasteiger partial charge in [0.2, 0.25) is 0 Å². The van der Waals surface area contributed by atoms with E-state index < -0.39 is 5.60 Å². The zero-order valence-corrected chi connectivity index (χ0v) is 11.4. The molecule has 0 aliphatic heterocycles. The molecule has 0 aromatic carbocycles. The van der Waals surface area contributed by atoms with E-state index in [0.717, 1.165) is 18.4 Å². The first-order valence-electron chi connectivity index (χ1n) is 6.86. The van der Waals surface area contributed by atoms with Crippen LogP contribution in [-0.4, -0.2) is 23.8 Å². The van der Waals surface area contributed by atoms with E-state index in [-0.39, 0.29) is 0 Å². The second kappa shape index (κ2) is 6.02. The lowest BCUT2D eigenvalue weighted by Crippen LogP contribution is -2.44. The smallest absolute Gasteiger partial charge is 0.0766 e. The van der Waals surface area contributed by atoms with Crippen LogP contribution in [0.3, 0.4) is 0 Å². The van der Waals surface area contributed by atoms with Gasteiger partial charge >= 0.3 is 0 Å². The quantitative estimate of drug-likeness (QED) is 0.757. The predicted molar refractivity (Wildman–Crippen MR) is 69.5 cm³/mol. The monoisotopic (exact) mass is 227 g/mol. The van der Waals surface area contributed by atoms with Gasteiger partial charge in [-0.25, -0.2) is 0 Å². The molecule has 0 saturated heterocycles. The summed E-state index contributed by atoms with van der Waals surface area (Å²) >= 11 is 0. The molecule has 96 valence electrons. The fraction of sp³-hybridized carbons (Fsp3) is 1.00. The Morgan fingerprint density at radius 2 is 1.94 bits per heavy atom. The molecular weight excluding hydrogens is 198 g/mol. The molecule has 3 atom stereocenters. The van der Waals surface area contributed by atoms with Crippen LogP contribution in [0.5, 0.6) is 0 Å². The maximum atomic E-state index is 10.1. The van der Waals surface area contributed by atoms with Gasteiger partial charge < -0.3 is 10.4 Å². The second-order valence-corrected chi connectivity index (χ2v) is 6.16. The van der Waals surface area contributed by atoms with Gasteiger partial charge in [0.1, 0.15) is 0 Å². The van der Waals surface area contributed by atoms with Gasteiger partial charge in [0.25, 0.3) is 0 Å². The largest absolute Gasteiger partial charge is 0.389 e. The summed E-state index contributed by atoms with van der Waals surface area (Å²) in [5.41, 5.74) is -0.572. The minimum atomic E-state index is -0.572.